The van der Waals surface area contributed by atoms with Crippen LogP contribution in [0.25, 0.3) is 0 Å². The lowest BCUT2D eigenvalue weighted by Gasteiger charge is -2.06. The van der Waals surface area contributed by atoms with Crippen LogP contribution in [0.15, 0.2) is 47.6 Å². The highest BCUT2D eigenvalue weighted by Gasteiger charge is 2.13. The van der Waals surface area contributed by atoms with Crippen molar-refractivity contribution < 1.29 is 26.8 Å². The summed E-state index contributed by atoms with van der Waals surface area (Å²) < 4.78 is 15.7. The molecule has 7 heteroatoms. The molecule has 0 bridgehead atoms. The predicted molar refractivity (Wildman–Crippen MR) is 82.6 cm³/mol. The normalized spacial score (nSPS) is 10.0. The number of hydrogen-bond donors (Lipinski definition) is 0. The topological polar surface area (TPSA) is 51.0 Å². The molecule has 0 saturated heterocycles. The third-order valence-electron chi connectivity index (χ3n) is 2.73. The molecule has 1 heterocycles. The smallest absolute Gasteiger partial charge is 0.325 e. The van der Waals surface area contributed by atoms with Gasteiger partial charge in [0.15, 0.2) is 0 Å². The molecule has 0 spiro atoms. The van der Waals surface area contributed by atoms with Crippen molar-refractivity contribution in [2.75, 3.05) is 14.1 Å². The summed E-state index contributed by atoms with van der Waals surface area (Å²) in [6, 6.07) is 10.3. The van der Waals surface area contributed by atoms with E-state index in [1.807, 2.05) is 48.0 Å². The van der Waals surface area contributed by atoms with E-state index >= 15 is 0 Å². The largest absolute Gasteiger partial charge is 1.00 e. The third kappa shape index (κ3) is 5.26. The van der Waals surface area contributed by atoms with Crippen LogP contribution in [-0.2, 0) is 6.54 Å². The highest BCUT2D eigenvalue weighted by atomic mass is 35.5. The minimum Gasteiger partial charge on any atom is -1.00 e. The summed E-state index contributed by atoms with van der Waals surface area (Å²) in [7, 11) is 3.79. The van der Waals surface area contributed by atoms with E-state index in [-0.39, 0.29) is 23.7 Å². The summed E-state index contributed by atoms with van der Waals surface area (Å²) in [6.07, 6.45) is 3.56. The second-order valence-electron chi connectivity index (χ2n) is 4.60. The van der Waals surface area contributed by atoms with Crippen LogP contribution >= 0.6 is 11.6 Å². The number of benzene rings is 1. The fraction of sp³-hybridized carbons (Fsp3) is 0.200. The second kappa shape index (κ2) is 9.35. The van der Waals surface area contributed by atoms with Crippen molar-refractivity contribution in [3.05, 3.63) is 59.0 Å². The average molecular weight is 346 g/mol. The molecule has 0 atom stereocenters. The molecular weight excluding hydrogens is 328 g/mol. The van der Waals surface area contributed by atoms with E-state index in [0.29, 0.717) is 17.1 Å². The standard InChI is InChI=1S/C15H16ClFN3.ClH.H2O/c1-19(2)11-18-15-8-3-4-9-20(15)10-12-13(16)6-5-7-14(12)17;;/h3-9,11H,10H2,1-2H3;1H;1H2/q+1;;/p-1. The lowest BCUT2D eigenvalue weighted by Crippen LogP contribution is -3.00. The molecule has 120 valence electrons. The second-order valence-corrected chi connectivity index (χ2v) is 5.00. The monoisotopic (exact) mass is 345 g/mol. The van der Waals surface area contributed by atoms with Gasteiger partial charge < -0.3 is 22.8 Å². The van der Waals surface area contributed by atoms with Crippen molar-refractivity contribution in [2.24, 2.45) is 4.99 Å². The van der Waals surface area contributed by atoms with Crippen molar-refractivity contribution in [3.63, 3.8) is 0 Å². The molecular formula is C15H18Cl2FN3O. The summed E-state index contributed by atoms with van der Waals surface area (Å²) in [5, 5.41) is 0.420. The Morgan fingerprint density at radius 2 is 1.95 bits per heavy atom. The minimum atomic E-state index is -0.309. The summed E-state index contributed by atoms with van der Waals surface area (Å²) >= 11 is 6.06. The van der Waals surface area contributed by atoms with Gasteiger partial charge in [-0.15, -0.1) is 0 Å². The molecule has 4 nitrogen and oxygen atoms in total. The van der Waals surface area contributed by atoms with Crippen LogP contribution in [-0.4, -0.2) is 30.8 Å². The maximum Gasteiger partial charge on any atom is 0.325 e. The van der Waals surface area contributed by atoms with Crippen LogP contribution < -0.4 is 17.0 Å². The van der Waals surface area contributed by atoms with E-state index in [1.165, 1.54) is 6.07 Å². The van der Waals surface area contributed by atoms with E-state index < -0.39 is 0 Å². The fourth-order valence-corrected chi connectivity index (χ4v) is 1.97. The molecule has 1 aromatic carbocycles. The summed E-state index contributed by atoms with van der Waals surface area (Å²) in [4.78, 5) is 6.20. The third-order valence-corrected chi connectivity index (χ3v) is 3.08. The molecule has 0 aliphatic carbocycles. The highest BCUT2D eigenvalue weighted by molar-refractivity contribution is 6.31. The molecule has 2 rings (SSSR count). The summed E-state index contributed by atoms with van der Waals surface area (Å²) in [6.45, 7) is 0.340. The molecule has 0 amide bonds. The van der Waals surface area contributed by atoms with E-state index in [1.54, 1.807) is 18.5 Å². The molecule has 2 N–H and O–H groups in total. The quantitative estimate of drug-likeness (QED) is 0.407. The molecule has 0 radical (unpaired) electrons. The first kappa shape index (κ1) is 20.3. The number of halogens is 3. The lowest BCUT2D eigenvalue weighted by atomic mass is 10.2. The molecule has 0 fully saturated rings. The zero-order valence-electron chi connectivity index (χ0n) is 12.3. The average Bonchev–Trinajstić information content (AvgIpc) is 2.42. The van der Waals surface area contributed by atoms with Gasteiger partial charge in [-0.1, -0.05) is 23.7 Å². The van der Waals surface area contributed by atoms with Gasteiger partial charge in [0.25, 0.3) is 0 Å². The van der Waals surface area contributed by atoms with E-state index in [0.717, 1.165) is 5.82 Å². The van der Waals surface area contributed by atoms with Crippen molar-refractivity contribution >= 4 is 23.8 Å². The van der Waals surface area contributed by atoms with Gasteiger partial charge in [-0.05, 0) is 23.2 Å². The highest BCUT2D eigenvalue weighted by Crippen LogP contribution is 2.19. The molecule has 0 aliphatic heterocycles. The Hall–Kier alpha value is -1.69. The van der Waals surface area contributed by atoms with Crippen LogP contribution in [0.1, 0.15) is 5.56 Å². The van der Waals surface area contributed by atoms with Crippen molar-refractivity contribution in [1.29, 1.82) is 0 Å². The zero-order chi connectivity index (χ0) is 14.5. The van der Waals surface area contributed by atoms with Gasteiger partial charge >= 0.3 is 5.82 Å². The van der Waals surface area contributed by atoms with Gasteiger partial charge in [-0.25, -0.2) is 8.96 Å². The van der Waals surface area contributed by atoms with Crippen LogP contribution in [0, 0.1) is 5.82 Å². The van der Waals surface area contributed by atoms with Gasteiger partial charge in [0.2, 0.25) is 6.34 Å². The molecule has 0 aliphatic rings. The molecule has 0 saturated carbocycles. The summed E-state index contributed by atoms with van der Waals surface area (Å²) in [5.74, 6) is 0.428. The van der Waals surface area contributed by atoms with Crippen LogP contribution in [0.4, 0.5) is 10.2 Å². The maximum atomic E-state index is 13.8. The van der Waals surface area contributed by atoms with Gasteiger partial charge in [0.1, 0.15) is 12.4 Å². The first-order valence-corrected chi connectivity index (χ1v) is 6.57. The Morgan fingerprint density at radius 3 is 2.59 bits per heavy atom. The van der Waals surface area contributed by atoms with E-state index in [9.17, 15) is 4.39 Å². The predicted octanol–water partition coefficient (Wildman–Crippen LogP) is -0.784. The maximum absolute atomic E-state index is 13.8. The van der Waals surface area contributed by atoms with Crippen molar-refractivity contribution in [1.82, 2.24) is 4.90 Å². The molecule has 2 aromatic rings. The summed E-state index contributed by atoms with van der Waals surface area (Å²) in [5.41, 5.74) is 0.465. The molecule has 22 heavy (non-hydrogen) atoms. The zero-order valence-corrected chi connectivity index (χ0v) is 13.8. The fourth-order valence-electron chi connectivity index (χ4n) is 1.75. The van der Waals surface area contributed by atoms with Crippen LogP contribution in [0.2, 0.25) is 5.02 Å². The van der Waals surface area contributed by atoms with Gasteiger partial charge in [-0.2, -0.15) is 0 Å². The number of aromatic nitrogens is 1. The number of hydrogen-bond acceptors (Lipinski definition) is 1. The first-order chi connectivity index (χ1) is 9.58. The number of aliphatic imine (C=N–C) groups is 1. The molecule has 0 unspecified atom stereocenters. The van der Waals surface area contributed by atoms with Crippen molar-refractivity contribution in [2.45, 2.75) is 6.54 Å². The number of nitrogens with zero attached hydrogens (tertiary/aromatic N) is 3. The van der Waals surface area contributed by atoms with Gasteiger partial charge in [0, 0.05) is 25.7 Å². The van der Waals surface area contributed by atoms with E-state index in [4.69, 9.17) is 11.6 Å². The lowest BCUT2D eigenvalue weighted by molar-refractivity contribution is -0.675. The molecule has 1 aromatic heterocycles. The van der Waals surface area contributed by atoms with Crippen molar-refractivity contribution in [3.8, 4) is 0 Å². The van der Waals surface area contributed by atoms with Gasteiger partial charge in [-0.3, -0.25) is 0 Å². The Labute approximate surface area is 140 Å². The van der Waals surface area contributed by atoms with Crippen LogP contribution in [0.3, 0.4) is 0 Å². The Morgan fingerprint density at radius 1 is 1.23 bits per heavy atom. The SMILES string of the molecule is CN(C)/C=N/c1cccc[n+]1Cc1c(F)cccc1Cl.O.[Cl-]. The minimum absolute atomic E-state index is 0. The van der Waals surface area contributed by atoms with Crippen LogP contribution in [0.5, 0.6) is 0 Å². The Bertz CT molecular complexity index is 616. The van der Waals surface area contributed by atoms with E-state index in [2.05, 4.69) is 4.99 Å². The Kier molecular flexibility index (Phi) is 8.63. The van der Waals surface area contributed by atoms with Gasteiger partial charge in [0.05, 0.1) is 11.2 Å². The Balaban J connectivity index is 0.00000220. The number of rotatable bonds is 4. The first-order valence-electron chi connectivity index (χ1n) is 6.20. The number of pyridine rings is 1.